The first kappa shape index (κ1) is 13.2. The van der Waals surface area contributed by atoms with E-state index in [9.17, 15) is 8.42 Å². The normalized spacial score (nSPS) is 13.8. The Labute approximate surface area is 97.9 Å². The Bertz CT molecular complexity index is 466. The number of rotatable bonds is 4. The molecular weight excluding hydrogens is 222 g/mol. The van der Waals surface area contributed by atoms with Gasteiger partial charge in [-0.25, -0.2) is 13.1 Å². The summed E-state index contributed by atoms with van der Waals surface area (Å²) >= 11 is 0. The maximum atomic E-state index is 12.1. The summed E-state index contributed by atoms with van der Waals surface area (Å²) in [7, 11) is -3.37. The molecule has 1 N–H and O–H groups in total. The third kappa shape index (κ3) is 3.06. The molecule has 1 atom stereocenters. The van der Waals surface area contributed by atoms with Gasteiger partial charge in [0.1, 0.15) is 0 Å². The predicted octanol–water partition coefficient (Wildman–Crippen LogP) is 2.38. The highest BCUT2D eigenvalue weighted by Crippen LogP contribution is 2.17. The Kier molecular flexibility index (Phi) is 4.10. The van der Waals surface area contributed by atoms with Crippen molar-refractivity contribution < 1.29 is 8.42 Å². The van der Waals surface area contributed by atoms with Gasteiger partial charge in [0, 0.05) is 6.04 Å². The van der Waals surface area contributed by atoms with Crippen LogP contribution in [0.1, 0.15) is 31.4 Å². The van der Waals surface area contributed by atoms with Crippen LogP contribution in [0, 0.1) is 13.8 Å². The molecule has 0 aliphatic rings. The van der Waals surface area contributed by atoms with Crippen molar-refractivity contribution in [3.8, 4) is 0 Å². The van der Waals surface area contributed by atoms with Gasteiger partial charge in [0.15, 0.2) is 0 Å². The van der Waals surface area contributed by atoms with E-state index < -0.39 is 10.0 Å². The molecule has 0 bridgehead atoms. The largest absolute Gasteiger partial charge is 0.241 e. The van der Waals surface area contributed by atoms with Crippen LogP contribution in [0.5, 0.6) is 0 Å². The third-order valence-corrected chi connectivity index (χ3v) is 4.33. The molecule has 0 spiro atoms. The standard InChI is InChI=1S/C12H19NO2S/c1-5-11(4)13-16(14,15)12-8-9(2)6-7-10(12)3/h6-8,11,13H,5H2,1-4H3/t11-/m0/s1. The number of hydrogen-bond donors (Lipinski definition) is 1. The van der Waals surface area contributed by atoms with Gasteiger partial charge >= 0.3 is 0 Å². The molecule has 0 aliphatic carbocycles. The van der Waals surface area contributed by atoms with Crippen LogP contribution in [0.4, 0.5) is 0 Å². The average molecular weight is 241 g/mol. The van der Waals surface area contributed by atoms with Crippen LogP contribution in [0.15, 0.2) is 23.1 Å². The van der Waals surface area contributed by atoms with E-state index in [1.807, 2.05) is 39.8 Å². The highest BCUT2D eigenvalue weighted by Gasteiger charge is 2.18. The maximum Gasteiger partial charge on any atom is 0.241 e. The molecule has 4 heteroatoms. The first-order valence-electron chi connectivity index (χ1n) is 5.46. The summed E-state index contributed by atoms with van der Waals surface area (Å²) in [5, 5.41) is 0. The van der Waals surface area contributed by atoms with E-state index in [2.05, 4.69) is 4.72 Å². The molecule has 0 amide bonds. The van der Waals surface area contributed by atoms with Gasteiger partial charge in [-0.05, 0) is 44.4 Å². The fourth-order valence-electron chi connectivity index (χ4n) is 1.41. The van der Waals surface area contributed by atoms with Crippen molar-refractivity contribution in [2.45, 2.75) is 45.1 Å². The minimum absolute atomic E-state index is 0.0371. The number of sulfonamides is 1. The van der Waals surface area contributed by atoms with Gasteiger partial charge in [-0.2, -0.15) is 0 Å². The van der Waals surface area contributed by atoms with Crippen molar-refractivity contribution in [1.29, 1.82) is 0 Å². The van der Waals surface area contributed by atoms with Gasteiger partial charge in [-0.3, -0.25) is 0 Å². The maximum absolute atomic E-state index is 12.1. The quantitative estimate of drug-likeness (QED) is 0.879. The molecule has 0 saturated heterocycles. The van der Waals surface area contributed by atoms with Gasteiger partial charge in [0.2, 0.25) is 10.0 Å². The third-order valence-electron chi connectivity index (χ3n) is 2.60. The van der Waals surface area contributed by atoms with E-state index in [4.69, 9.17) is 0 Å². The minimum Gasteiger partial charge on any atom is -0.208 e. The predicted molar refractivity (Wildman–Crippen MR) is 66.0 cm³/mol. The summed E-state index contributed by atoms with van der Waals surface area (Å²) in [6.07, 6.45) is 0.782. The SMILES string of the molecule is CC[C@H](C)NS(=O)(=O)c1cc(C)ccc1C. The Morgan fingerprint density at radius 1 is 1.31 bits per heavy atom. The first-order valence-corrected chi connectivity index (χ1v) is 6.94. The average Bonchev–Trinajstić information content (AvgIpc) is 2.20. The van der Waals surface area contributed by atoms with Gasteiger partial charge < -0.3 is 0 Å². The smallest absolute Gasteiger partial charge is 0.208 e. The molecule has 0 saturated carbocycles. The highest BCUT2D eigenvalue weighted by atomic mass is 32.2. The van der Waals surface area contributed by atoms with Gasteiger partial charge in [0.25, 0.3) is 0 Å². The molecule has 16 heavy (non-hydrogen) atoms. The molecular formula is C12H19NO2S. The lowest BCUT2D eigenvalue weighted by atomic mass is 10.2. The Hall–Kier alpha value is -0.870. The number of aryl methyl sites for hydroxylation is 2. The van der Waals surface area contributed by atoms with Crippen molar-refractivity contribution in [2.75, 3.05) is 0 Å². The van der Waals surface area contributed by atoms with Crippen LogP contribution in [-0.2, 0) is 10.0 Å². The zero-order valence-electron chi connectivity index (χ0n) is 10.2. The molecule has 1 aromatic carbocycles. The molecule has 0 aromatic heterocycles. The van der Waals surface area contributed by atoms with Crippen LogP contribution in [0.3, 0.4) is 0 Å². The fourth-order valence-corrected chi connectivity index (χ4v) is 3.06. The summed E-state index contributed by atoms with van der Waals surface area (Å²) in [4.78, 5) is 0.382. The summed E-state index contributed by atoms with van der Waals surface area (Å²) in [6, 6.07) is 5.42. The van der Waals surface area contributed by atoms with E-state index in [1.165, 1.54) is 0 Å². The van der Waals surface area contributed by atoms with Crippen LogP contribution in [0.2, 0.25) is 0 Å². The second-order valence-electron chi connectivity index (χ2n) is 4.20. The summed E-state index contributed by atoms with van der Waals surface area (Å²) < 4.78 is 26.8. The Morgan fingerprint density at radius 3 is 2.50 bits per heavy atom. The van der Waals surface area contributed by atoms with Gasteiger partial charge in [-0.1, -0.05) is 19.1 Å². The van der Waals surface area contributed by atoms with E-state index in [0.29, 0.717) is 4.90 Å². The van der Waals surface area contributed by atoms with Gasteiger partial charge in [0.05, 0.1) is 4.90 Å². The van der Waals surface area contributed by atoms with Crippen LogP contribution >= 0.6 is 0 Å². The molecule has 90 valence electrons. The Balaban J connectivity index is 3.12. The fraction of sp³-hybridized carbons (Fsp3) is 0.500. The van der Waals surface area contributed by atoms with E-state index >= 15 is 0 Å². The summed E-state index contributed by atoms with van der Waals surface area (Å²) in [5.74, 6) is 0. The number of hydrogen-bond acceptors (Lipinski definition) is 2. The lowest BCUT2D eigenvalue weighted by molar-refractivity contribution is 0.555. The second-order valence-corrected chi connectivity index (χ2v) is 5.88. The molecule has 0 radical (unpaired) electrons. The van der Waals surface area contributed by atoms with Crippen molar-refractivity contribution in [2.24, 2.45) is 0 Å². The van der Waals surface area contributed by atoms with E-state index in [0.717, 1.165) is 17.5 Å². The lowest BCUT2D eigenvalue weighted by Crippen LogP contribution is -2.32. The van der Waals surface area contributed by atoms with Crippen molar-refractivity contribution >= 4 is 10.0 Å². The lowest BCUT2D eigenvalue weighted by Gasteiger charge is -2.14. The summed E-state index contributed by atoms with van der Waals surface area (Å²) in [5.41, 5.74) is 1.73. The first-order chi connectivity index (χ1) is 7.36. The van der Waals surface area contributed by atoms with E-state index in [1.54, 1.807) is 6.07 Å². The van der Waals surface area contributed by atoms with E-state index in [-0.39, 0.29) is 6.04 Å². The molecule has 0 fully saturated rings. The Morgan fingerprint density at radius 2 is 1.94 bits per heavy atom. The van der Waals surface area contributed by atoms with Gasteiger partial charge in [-0.15, -0.1) is 0 Å². The van der Waals surface area contributed by atoms with Crippen molar-refractivity contribution in [1.82, 2.24) is 4.72 Å². The molecule has 3 nitrogen and oxygen atoms in total. The monoisotopic (exact) mass is 241 g/mol. The van der Waals surface area contributed by atoms with Crippen LogP contribution in [0.25, 0.3) is 0 Å². The molecule has 0 unspecified atom stereocenters. The summed E-state index contributed by atoms with van der Waals surface area (Å²) in [6.45, 7) is 7.52. The molecule has 1 aromatic rings. The molecule has 1 rings (SSSR count). The molecule has 0 aliphatic heterocycles. The zero-order valence-corrected chi connectivity index (χ0v) is 11.1. The topological polar surface area (TPSA) is 46.2 Å². The highest BCUT2D eigenvalue weighted by molar-refractivity contribution is 7.89. The van der Waals surface area contributed by atoms with Crippen LogP contribution in [-0.4, -0.2) is 14.5 Å². The zero-order chi connectivity index (χ0) is 12.3. The molecule has 0 heterocycles. The minimum atomic E-state index is -3.37. The van der Waals surface area contributed by atoms with Crippen molar-refractivity contribution in [3.05, 3.63) is 29.3 Å². The van der Waals surface area contributed by atoms with Crippen LogP contribution < -0.4 is 4.72 Å². The second kappa shape index (κ2) is 4.97. The number of nitrogens with one attached hydrogen (secondary N) is 1. The van der Waals surface area contributed by atoms with Crippen molar-refractivity contribution in [3.63, 3.8) is 0 Å². The number of benzene rings is 1.